The van der Waals surface area contributed by atoms with Gasteiger partial charge in [0, 0.05) is 34.7 Å². The second kappa shape index (κ2) is 10.2. The zero-order valence-electron chi connectivity index (χ0n) is 21.7. The van der Waals surface area contributed by atoms with E-state index in [1.165, 1.54) is 11.1 Å². The Hall–Kier alpha value is -4.18. The molecule has 36 heavy (non-hydrogen) atoms. The molecule has 0 saturated carbocycles. The van der Waals surface area contributed by atoms with Crippen molar-refractivity contribution >= 4 is 23.8 Å². The van der Waals surface area contributed by atoms with E-state index in [0.29, 0.717) is 22.3 Å². The van der Waals surface area contributed by atoms with Crippen LogP contribution in [-0.2, 0) is 0 Å². The number of phenols is 2. The molecule has 0 heterocycles. The number of phenolic OH excluding ortho intramolecular Hbond substituents is 2. The molecule has 4 aromatic rings. The van der Waals surface area contributed by atoms with Crippen molar-refractivity contribution in [3.05, 3.63) is 105 Å². The van der Waals surface area contributed by atoms with Gasteiger partial charge in [0.25, 0.3) is 0 Å². The summed E-state index contributed by atoms with van der Waals surface area (Å²) in [6.45, 7) is 12.3. The number of aliphatic imine (C=N–C) groups is 2. The van der Waals surface area contributed by atoms with E-state index in [4.69, 9.17) is 0 Å². The Morgan fingerprint density at radius 1 is 0.528 bits per heavy atom. The summed E-state index contributed by atoms with van der Waals surface area (Å²) in [5.74, 6) is 0.136. The Bertz CT molecular complexity index is 1350. The van der Waals surface area contributed by atoms with Gasteiger partial charge in [-0.15, -0.1) is 0 Å². The summed E-state index contributed by atoms with van der Waals surface area (Å²) < 4.78 is 0. The lowest BCUT2D eigenvalue weighted by atomic mass is 9.98. The van der Waals surface area contributed by atoms with Crippen LogP contribution in [0.3, 0.4) is 0 Å². The maximum absolute atomic E-state index is 11.1. The summed E-state index contributed by atoms with van der Waals surface area (Å²) in [4.78, 5) is 9.34. The van der Waals surface area contributed by atoms with Crippen molar-refractivity contribution in [2.24, 2.45) is 9.98 Å². The highest BCUT2D eigenvalue weighted by atomic mass is 16.3. The fourth-order valence-electron chi connectivity index (χ4n) is 4.79. The van der Waals surface area contributed by atoms with E-state index in [-0.39, 0.29) is 11.5 Å². The van der Waals surface area contributed by atoms with Gasteiger partial charge in [0.2, 0.25) is 0 Å². The summed E-state index contributed by atoms with van der Waals surface area (Å²) in [5, 5.41) is 22.2. The van der Waals surface area contributed by atoms with Gasteiger partial charge < -0.3 is 10.2 Å². The molecule has 0 amide bonds. The third kappa shape index (κ3) is 5.08. The van der Waals surface area contributed by atoms with E-state index in [2.05, 4.69) is 48.1 Å². The zero-order valence-corrected chi connectivity index (χ0v) is 21.7. The van der Waals surface area contributed by atoms with Crippen LogP contribution in [-0.4, -0.2) is 22.6 Å². The number of nitrogens with zero attached hydrogens (tertiary/aromatic N) is 2. The van der Waals surface area contributed by atoms with E-state index >= 15 is 0 Å². The molecule has 2 N–H and O–H groups in total. The molecule has 4 aromatic carbocycles. The third-order valence-corrected chi connectivity index (χ3v) is 6.36. The molecule has 0 spiro atoms. The fraction of sp³-hybridized carbons (Fsp3) is 0.188. The van der Waals surface area contributed by atoms with Gasteiger partial charge >= 0.3 is 0 Å². The zero-order chi connectivity index (χ0) is 26.0. The van der Waals surface area contributed by atoms with Crippen LogP contribution in [0.4, 0.5) is 11.4 Å². The lowest BCUT2D eigenvalue weighted by Gasteiger charge is -2.12. The first-order chi connectivity index (χ1) is 17.2. The van der Waals surface area contributed by atoms with Crippen LogP contribution in [0.25, 0.3) is 11.1 Å². The molecular formula is C32H32N2O2. The second-order valence-electron chi connectivity index (χ2n) is 9.50. The fourth-order valence-corrected chi connectivity index (χ4v) is 4.79. The van der Waals surface area contributed by atoms with Crippen molar-refractivity contribution in [2.45, 2.75) is 41.5 Å². The first-order valence-electron chi connectivity index (χ1n) is 12.0. The summed E-state index contributed by atoms with van der Waals surface area (Å²) in [6, 6.07) is 19.3. The van der Waals surface area contributed by atoms with Gasteiger partial charge in [-0.25, -0.2) is 0 Å². The molecule has 4 nitrogen and oxygen atoms in total. The molecule has 0 atom stereocenters. The number of para-hydroxylation sites is 2. The highest BCUT2D eigenvalue weighted by molar-refractivity contribution is 5.94. The Morgan fingerprint density at radius 2 is 0.861 bits per heavy atom. The molecule has 0 bridgehead atoms. The topological polar surface area (TPSA) is 65.2 Å². The number of hydrogen-bond donors (Lipinski definition) is 2. The van der Waals surface area contributed by atoms with E-state index in [1.54, 1.807) is 24.6 Å². The molecule has 0 aliphatic heterocycles. The molecule has 0 aliphatic rings. The van der Waals surface area contributed by atoms with Crippen molar-refractivity contribution in [1.82, 2.24) is 0 Å². The molecule has 4 rings (SSSR count). The summed E-state index contributed by atoms with van der Waals surface area (Å²) >= 11 is 0. The number of rotatable bonds is 5. The molecular weight excluding hydrogens is 444 g/mol. The Balaban J connectivity index is 1.70. The minimum atomic E-state index is 0.0679. The van der Waals surface area contributed by atoms with Gasteiger partial charge in [-0.05, 0) is 75.9 Å². The largest absolute Gasteiger partial charge is 0.507 e. The minimum Gasteiger partial charge on any atom is -0.507 e. The van der Waals surface area contributed by atoms with E-state index in [9.17, 15) is 10.2 Å². The van der Waals surface area contributed by atoms with Crippen LogP contribution in [0.15, 0.2) is 70.6 Å². The van der Waals surface area contributed by atoms with Crippen molar-refractivity contribution < 1.29 is 10.2 Å². The van der Waals surface area contributed by atoms with E-state index in [0.717, 1.165) is 33.6 Å². The van der Waals surface area contributed by atoms with Crippen molar-refractivity contribution in [2.75, 3.05) is 0 Å². The van der Waals surface area contributed by atoms with E-state index < -0.39 is 0 Å². The summed E-state index contributed by atoms with van der Waals surface area (Å²) in [7, 11) is 0. The molecule has 0 aromatic heterocycles. The monoisotopic (exact) mass is 476 g/mol. The minimum absolute atomic E-state index is 0.0679. The molecule has 0 unspecified atom stereocenters. The molecule has 4 heteroatoms. The van der Waals surface area contributed by atoms with Crippen LogP contribution in [0.1, 0.15) is 44.5 Å². The molecule has 0 saturated heterocycles. The van der Waals surface area contributed by atoms with Gasteiger partial charge in [-0.3, -0.25) is 9.98 Å². The van der Waals surface area contributed by atoms with Crippen LogP contribution < -0.4 is 0 Å². The van der Waals surface area contributed by atoms with Gasteiger partial charge in [0.1, 0.15) is 11.5 Å². The van der Waals surface area contributed by atoms with Crippen LogP contribution >= 0.6 is 0 Å². The van der Waals surface area contributed by atoms with Crippen LogP contribution in [0.2, 0.25) is 0 Å². The van der Waals surface area contributed by atoms with Crippen molar-refractivity contribution in [3.8, 4) is 22.6 Å². The first kappa shape index (κ1) is 24.9. The Labute approximate surface area is 213 Å². The molecule has 0 radical (unpaired) electrons. The van der Waals surface area contributed by atoms with Gasteiger partial charge in [0.15, 0.2) is 0 Å². The predicted octanol–water partition coefficient (Wildman–Crippen LogP) is 8.12. The SMILES string of the molecule is Cc1cc(C)c(N=Cc2cccc(-c3cccc(C=Nc4c(C)cc(C)cc4C)c3O)c2O)c(C)c1. The summed E-state index contributed by atoms with van der Waals surface area (Å²) in [6.07, 6.45) is 3.35. The van der Waals surface area contributed by atoms with E-state index in [1.807, 2.05) is 52.0 Å². The Morgan fingerprint density at radius 3 is 1.19 bits per heavy atom. The first-order valence-corrected chi connectivity index (χ1v) is 12.0. The van der Waals surface area contributed by atoms with Crippen molar-refractivity contribution in [3.63, 3.8) is 0 Å². The van der Waals surface area contributed by atoms with Gasteiger partial charge in [-0.1, -0.05) is 59.7 Å². The molecule has 0 fully saturated rings. The summed E-state index contributed by atoms with van der Waals surface area (Å²) in [5.41, 5.74) is 10.8. The average Bonchev–Trinajstić information content (AvgIpc) is 2.80. The number of aromatic hydroxyl groups is 2. The molecule has 0 aliphatic carbocycles. The Kier molecular flexibility index (Phi) is 7.07. The average molecular weight is 477 g/mol. The standard InChI is InChI=1S/C32H32N2O2/c1-19-13-21(3)29(22(4)14-19)33-17-25-9-7-11-27(31(25)35)28-12-8-10-26(32(28)36)18-34-30-23(5)15-20(2)16-24(30)6/h7-18,35-36H,1-6H3. The lowest BCUT2D eigenvalue weighted by molar-refractivity contribution is 0.468. The lowest BCUT2D eigenvalue weighted by Crippen LogP contribution is -1.91. The quantitative estimate of drug-likeness (QED) is 0.286. The maximum atomic E-state index is 11.1. The number of aryl methyl sites for hydroxylation is 6. The normalized spacial score (nSPS) is 11.6. The van der Waals surface area contributed by atoms with Gasteiger partial charge in [0.05, 0.1) is 11.4 Å². The third-order valence-electron chi connectivity index (χ3n) is 6.36. The maximum Gasteiger partial charge on any atom is 0.132 e. The van der Waals surface area contributed by atoms with Crippen LogP contribution in [0, 0.1) is 41.5 Å². The number of benzene rings is 4. The van der Waals surface area contributed by atoms with Crippen molar-refractivity contribution in [1.29, 1.82) is 0 Å². The van der Waals surface area contributed by atoms with Crippen LogP contribution in [0.5, 0.6) is 11.5 Å². The van der Waals surface area contributed by atoms with Gasteiger partial charge in [-0.2, -0.15) is 0 Å². The highest BCUT2D eigenvalue weighted by Gasteiger charge is 2.14. The number of hydrogen-bond acceptors (Lipinski definition) is 4. The second-order valence-corrected chi connectivity index (χ2v) is 9.50. The highest BCUT2D eigenvalue weighted by Crippen LogP contribution is 2.38. The molecule has 182 valence electrons. The smallest absolute Gasteiger partial charge is 0.132 e. The predicted molar refractivity (Wildman–Crippen MR) is 151 cm³/mol.